The van der Waals surface area contributed by atoms with E-state index < -0.39 is 0 Å². The number of carbonyl (C=O) groups excluding carboxylic acids is 1. The van der Waals surface area contributed by atoms with E-state index in [1.807, 2.05) is 59.2 Å². The molecule has 1 fully saturated rings. The van der Waals surface area contributed by atoms with E-state index in [0.717, 1.165) is 16.7 Å². The lowest BCUT2D eigenvalue weighted by Crippen LogP contribution is -2.37. The molecule has 3 aromatic carbocycles. The van der Waals surface area contributed by atoms with Gasteiger partial charge in [-0.1, -0.05) is 41.9 Å². The first-order valence-corrected chi connectivity index (χ1v) is 10.9. The molecule has 162 valence electrons. The summed E-state index contributed by atoms with van der Waals surface area (Å²) >= 11 is 6.51. The summed E-state index contributed by atoms with van der Waals surface area (Å²) in [4.78, 5) is 28.3. The monoisotopic (exact) mass is 447 g/mol. The zero-order valence-electron chi connectivity index (χ0n) is 17.4. The first-order chi connectivity index (χ1) is 15.6. The van der Waals surface area contributed by atoms with E-state index >= 15 is 0 Å². The summed E-state index contributed by atoms with van der Waals surface area (Å²) in [6.45, 7) is 2.72. The lowest BCUT2D eigenvalue weighted by atomic mass is 10.1. The van der Waals surface area contributed by atoms with E-state index in [1.165, 1.54) is 0 Å². The number of rotatable bonds is 4. The Morgan fingerprint density at radius 2 is 1.53 bits per heavy atom. The van der Waals surface area contributed by atoms with E-state index in [2.05, 4.69) is 10.2 Å². The SMILES string of the molecule is O=C(Cn1c2ccccc2c(=O)c2ccccc21)Nc1cccc(Cl)c1N1CCOCC1. The molecule has 7 heteroatoms. The van der Waals surface area contributed by atoms with E-state index in [9.17, 15) is 9.59 Å². The lowest BCUT2D eigenvalue weighted by molar-refractivity contribution is -0.116. The number of morpholine rings is 1. The topological polar surface area (TPSA) is 63.6 Å². The van der Waals surface area contributed by atoms with Crippen molar-refractivity contribution in [3.63, 3.8) is 0 Å². The highest BCUT2D eigenvalue weighted by Gasteiger charge is 2.20. The van der Waals surface area contributed by atoms with Gasteiger partial charge in [-0.15, -0.1) is 0 Å². The number of anilines is 2. The molecule has 0 spiro atoms. The zero-order valence-corrected chi connectivity index (χ0v) is 18.1. The number of amides is 1. The summed E-state index contributed by atoms with van der Waals surface area (Å²) < 4.78 is 7.34. The second kappa shape index (κ2) is 8.65. The van der Waals surface area contributed by atoms with Gasteiger partial charge in [0.25, 0.3) is 0 Å². The second-order valence-electron chi connectivity index (χ2n) is 7.73. The fourth-order valence-corrected chi connectivity index (χ4v) is 4.60. The quantitative estimate of drug-likeness (QED) is 0.474. The molecule has 6 nitrogen and oxygen atoms in total. The average Bonchev–Trinajstić information content (AvgIpc) is 2.82. The van der Waals surface area contributed by atoms with Crippen LogP contribution < -0.4 is 15.6 Å². The standard InChI is InChI=1S/C25H22ClN3O3/c26-19-8-5-9-20(24(19)28-12-14-32-15-13-28)27-23(30)16-29-21-10-3-1-6-17(21)25(31)18-7-2-4-11-22(18)29/h1-11H,12-16H2,(H,27,30). The van der Waals surface area contributed by atoms with Crippen molar-refractivity contribution in [2.24, 2.45) is 0 Å². The molecule has 1 aromatic heterocycles. The Balaban J connectivity index is 1.52. The van der Waals surface area contributed by atoms with Crippen LogP contribution in [0.5, 0.6) is 0 Å². The maximum absolute atomic E-state index is 13.2. The maximum Gasteiger partial charge on any atom is 0.244 e. The van der Waals surface area contributed by atoms with Crippen LogP contribution in [0.1, 0.15) is 0 Å². The number of pyridine rings is 1. The van der Waals surface area contributed by atoms with Crippen LogP contribution in [0.2, 0.25) is 5.02 Å². The van der Waals surface area contributed by atoms with Crippen LogP contribution in [-0.2, 0) is 16.1 Å². The summed E-state index contributed by atoms with van der Waals surface area (Å²) in [6, 6.07) is 20.3. The molecule has 0 saturated carbocycles. The van der Waals surface area contributed by atoms with Gasteiger partial charge in [0.15, 0.2) is 5.43 Å². The third-order valence-electron chi connectivity index (χ3n) is 5.77. The van der Waals surface area contributed by atoms with Crippen molar-refractivity contribution in [2.45, 2.75) is 6.54 Å². The first kappa shape index (κ1) is 20.5. The normalized spacial score (nSPS) is 14.1. The molecule has 1 amide bonds. The van der Waals surface area contributed by atoms with E-state index in [0.29, 0.717) is 47.8 Å². The van der Waals surface area contributed by atoms with Gasteiger partial charge in [-0.05, 0) is 36.4 Å². The van der Waals surface area contributed by atoms with Gasteiger partial charge in [-0.3, -0.25) is 9.59 Å². The summed E-state index contributed by atoms with van der Waals surface area (Å²) in [6.07, 6.45) is 0. The summed E-state index contributed by atoms with van der Waals surface area (Å²) in [5, 5.41) is 4.81. The number of ether oxygens (including phenoxy) is 1. The first-order valence-electron chi connectivity index (χ1n) is 10.5. The van der Waals surface area contributed by atoms with E-state index in [-0.39, 0.29) is 17.9 Å². The van der Waals surface area contributed by atoms with Gasteiger partial charge in [-0.25, -0.2) is 0 Å². The van der Waals surface area contributed by atoms with Crippen molar-refractivity contribution < 1.29 is 9.53 Å². The molecule has 0 bridgehead atoms. The van der Waals surface area contributed by atoms with Crippen molar-refractivity contribution >= 4 is 50.7 Å². The molecule has 5 rings (SSSR count). The van der Waals surface area contributed by atoms with Gasteiger partial charge in [-0.2, -0.15) is 0 Å². The molecule has 1 aliphatic heterocycles. The fourth-order valence-electron chi connectivity index (χ4n) is 4.31. The summed E-state index contributed by atoms with van der Waals surface area (Å²) in [5.74, 6) is -0.194. The molecule has 0 aliphatic carbocycles. The van der Waals surface area contributed by atoms with Gasteiger partial charge in [0, 0.05) is 23.9 Å². The fraction of sp³-hybridized carbons (Fsp3) is 0.200. The van der Waals surface area contributed by atoms with Crippen LogP contribution >= 0.6 is 11.6 Å². The van der Waals surface area contributed by atoms with Gasteiger partial charge in [0.2, 0.25) is 5.91 Å². The minimum atomic E-state index is -0.194. The van der Waals surface area contributed by atoms with Crippen molar-refractivity contribution in [2.75, 3.05) is 36.5 Å². The predicted octanol–water partition coefficient (Wildman–Crippen LogP) is 4.28. The number of para-hydroxylation sites is 3. The minimum Gasteiger partial charge on any atom is -0.378 e. The number of nitrogens with one attached hydrogen (secondary N) is 1. The molecule has 1 saturated heterocycles. The molecule has 32 heavy (non-hydrogen) atoms. The molecular formula is C25H22ClN3O3. The van der Waals surface area contributed by atoms with Gasteiger partial charge < -0.3 is 19.5 Å². The van der Waals surface area contributed by atoms with Crippen molar-refractivity contribution in [1.29, 1.82) is 0 Å². The Hall–Kier alpha value is -3.35. The molecule has 4 aromatic rings. The third kappa shape index (κ3) is 3.72. The van der Waals surface area contributed by atoms with Crippen LogP contribution in [0, 0.1) is 0 Å². The molecule has 0 atom stereocenters. The number of hydrogen-bond donors (Lipinski definition) is 1. The lowest BCUT2D eigenvalue weighted by Gasteiger charge is -2.31. The van der Waals surface area contributed by atoms with Crippen LogP contribution in [0.3, 0.4) is 0 Å². The Bertz CT molecular complexity index is 1320. The predicted molar refractivity (Wildman–Crippen MR) is 129 cm³/mol. The zero-order chi connectivity index (χ0) is 22.1. The van der Waals surface area contributed by atoms with Crippen LogP contribution in [0.25, 0.3) is 21.8 Å². The van der Waals surface area contributed by atoms with Gasteiger partial charge >= 0.3 is 0 Å². The number of nitrogens with zero attached hydrogens (tertiary/aromatic N) is 2. The number of halogens is 1. The number of aromatic nitrogens is 1. The molecule has 1 N–H and O–H groups in total. The maximum atomic E-state index is 13.2. The largest absolute Gasteiger partial charge is 0.378 e. The second-order valence-corrected chi connectivity index (χ2v) is 8.14. The number of hydrogen-bond acceptors (Lipinski definition) is 4. The van der Waals surface area contributed by atoms with E-state index in [4.69, 9.17) is 16.3 Å². The molecule has 1 aliphatic rings. The molecule has 0 unspecified atom stereocenters. The highest BCUT2D eigenvalue weighted by Crippen LogP contribution is 2.34. The third-order valence-corrected chi connectivity index (χ3v) is 6.07. The van der Waals surface area contributed by atoms with Gasteiger partial charge in [0.05, 0.1) is 40.6 Å². The van der Waals surface area contributed by atoms with Crippen molar-refractivity contribution in [1.82, 2.24) is 4.57 Å². The highest BCUT2D eigenvalue weighted by molar-refractivity contribution is 6.34. The summed E-state index contributed by atoms with van der Waals surface area (Å²) in [5.41, 5.74) is 2.90. The Kier molecular flexibility index (Phi) is 5.55. The smallest absolute Gasteiger partial charge is 0.244 e. The van der Waals surface area contributed by atoms with Crippen molar-refractivity contribution in [3.8, 4) is 0 Å². The Morgan fingerprint density at radius 1 is 0.906 bits per heavy atom. The summed E-state index contributed by atoms with van der Waals surface area (Å²) in [7, 11) is 0. The number of carbonyl (C=O) groups is 1. The Morgan fingerprint density at radius 3 is 2.19 bits per heavy atom. The van der Waals surface area contributed by atoms with Crippen molar-refractivity contribution in [3.05, 3.63) is 82.0 Å². The number of fused-ring (bicyclic) bond motifs is 2. The minimum absolute atomic E-state index is 0.0303. The van der Waals surface area contributed by atoms with Crippen LogP contribution in [0.4, 0.5) is 11.4 Å². The molecular weight excluding hydrogens is 426 g/mol. The molecule has 2 heterocycles. The average molecular weight is 448 g/mol. The number of benzene rings is 3. The van der Waals surface area contributed by atoms with Crippen LogP contribution in [0.15, 0.2) is 71.5 Å². The van der Waals surface area contributed by atoms with Gasteiger partial charge in [0.1, 0.15) is 6.54 Å². The highest BCUT2D eigenvalue weighted by atomic mass is 35.5. The van der Waals surface area contributed by atoms with Crippen LogP contribution in [-0.4, -0.2) is 36.8 Å². The van der Waals surface area contributed by atoms with E-state index in [1.54, 1.807) is 12.1 Å². The Labute approximate surface area is 190 Å². The molecule has 0 radical (unpaired) electrons.